The van der Waals surface area contributed by atoms with Crippen LogP contribution in [0, 0.1) is 0 Å². The lowest BCUT2D eigenvalue weighted by Gasteiger charge is -2.36. The number of amides is 2. The average molecular weight is 327 g/mol. The molecule has 0 bridgehead atoms. The predicted octanol–water partition coefficient (Wildman–Crippen LogP) is 2.11. The Labute approximate surface area is 143 Å². The normalized spacial score (nSPS) is 18.0. The minimum Gasteiger partial charge on any atom is -0.334 e. The van der Waals surface area contributed by atoms with Crippen molar-refractivity contribution in [3.63, 3.8) is 0 Å². The minimum atomic E-state index is 0.0109. The van der Waals surface area contributed by atoms with Crippen LogP contribution < -0.4 is 5.32 Å². The van der Waals surface area contributed by atoms with Crippen molar-refractivity contribution < 1.29 is 4.79 Å². The van der Waals surface area contributed by atoms with Gasteiger partial charge in [-0.2, -0.15) is 5.10 Å². The van der Waals surface area contributed by atoms with E-state index in [2.05, 4.69) is 29.4 Å². The number of likely N-dealkylation sites (tertiary alicyclic amines) is 1. The highest BCUT2D eigenvalue weighted by atomic mass is 16.2. The smallest absolute Gasteiger partial charge is 0.317 e. The molecule has 2 amide bonds. The molecule has 0 aliphatic carbocycles. The first-order valence-electron chi connectivity index (χ1n) is 8.42. The van der Waals surface area contributed by atoms with Crippen LogP contribution in [0.15, 0.2) is 42.7 Å². The largest absolute Gasteiger partial charge is 0.334 e. The monoisotopic (exact) mass is 327 g/mol. The van der Waals surface area contributed by atoms with Gasteiger partial charge in [0, 0.05) is 38.1 Å². The van der Waals surface area contributed by atoms with Crippen molar-refractivity contribution in [2.75, 3.05) is 27.2 Å². The van der Waals surface area contributed by atoms with Crippen molar-refractivity contribution >= 4 is 6.03 Å². The van der Waals surface area contributed by atoms with Gasteiger partial charge in [-0.3, -0.25) is 0 Å². The molecule has 128 valence electrons. The maximum atomic E-state index is 12.5. The summed E-state index contributed by atoms with van der Waals surface area (Å²) in [6, 6.07) is 10.3. The summed E-state index contributed by atoms with van der Waals surface area (Å²) >= 11 is 0. The van der Waals surface area contributed by atoms with E-state index < -0.39 is 0 Å². The quantitative estimate of drug-likeness (QED) is 0.936. The Balaban J connectivity index is 1.63. The molecule has 1 aromatic carbocycles. The Morgan fingerprint density at radius 2 is 2.17 bits per heavy atom. The second-order valence-electron chi connectivity index (χ2n) is 6.44. The van der Waals surface area contributed by atoms with Gasteiger partial charge in [0.15, 0.2) is 0 Å². The highest BCUT2D eigenvalue weighted by Gasteiger charge is 2.24. The molecule has 1 N–H and O–H groups in total. The van der Waals surface area contributed by atoms with E-state index in [4.69, 9.17) is 0 Å². The Morgan fingerprint density at radius 3 is 2.92 bits per heavy atom. The molecule has 0 saturated carbocycles. The fourth-order valence-corrected chi connectivity index (χ4v) is 3.14. The van der Waals surface area contributed by atoms with Crippen LogP contribution in [0.1, 0.15) is 18.4 Å². The molecular weight excluding hydrogens is 302 g/mol. The molecule has 0 spiro atoms. The van der Waals surface area contributed by atoms with Gasteiger partial charge in [-0.15, -0.1) is 0 Å². The van der Waals surface area contributed by atoms with Crippen molar-refractivity contribution in [1.82, 2.24) is 24.9 Å². The number of carbonyl (C=O) groups excluding carboxylic acids is 1. The molecule has 6 heteroatoms. The number of aromatic nitrogens is 2. The second-order valence-corrected chi connectivity index (χ2v) is 6.44. The number of para-hydroxylation sites is 1. The number of carbonyl (C=O) groups is 1. The van der Waals surface area contributed by atoms with Crippen LogP contribution in [0.5, 0.6) is 0 Å². The highest BCUT2D eigenvalue weighted by molar-refractivity contribution is 5.74. The molecule has 1 aliphatic heterocycles. The lowest BCUT2D eigenvalue weighted by atomic mass is 10.1. The number of benzene rings is 1. The van der Waals surface area contributed by atoms with Crippen LogP contribution in [0.4, 0.5) is 4.79 Å². The van der Waals surface area contributed by atoms with E-state index in [1.165, 1.54) is 0 Å². The van der Waals surface area contributed by atoms with Crippen LogP contribution >= 0.6 is 0 Å². The number of piperidine rings is 1. The van der Waals surface area contributed by atoms with Gasteiger partial charge in [-0.25, -0.2) is 9.48 Å². The molecule has 3 rings (SSSR count). The first kappa shape index (κ1) is 16.5. The number of hydrogen-bond donors (Lipinski definition) is 1. The van der Waals surface area contributed by atoms with Crippen LogP contribution in [0.2, 0.25) is 0 Å². The molecular formula is C18H25N5O. The number of urea groups is 1. The molecule has 24 heavy (non-hydrogen) atoms. The van der Waals surface area contributed by atoms with E-state index in [0.717, 1.165) is 37.2 Å². The molecule has 6 nitrogen and oxygen atoms in total. The van der Waals surface area contributed by atoms with Gasteiger partial charge in [0.2, 0.25) is 0 Å². The first-order chi connectivity index (χ1) is 11.6. The summed E-state index contributed by atoms with van der Waals surface area (Å²) in [5.41, 5.74) is 2.04. The highest BCUT2D eigenvalue weighted by Crippen LogP contribution is 2.15. The zero-order chi connectivity index (χ0) is 16.9. The maximum Gasteiger partial charge on any atom is 0.317 e. The van der Waals surface area contributed by atoms with Crippen LogP contribution in [-0.2, 0) is 6.54 Å². The van der Waals surface area contributed by atoms with Gasteiger partial charge in [0.1, 0.15) is 0 Å². The summed E-state index contributed by atoms with van der Waals surface area (Å²) in [7, 11) is 4.15. The Bertz CT molecular complexity index is 668. The summed E-state index contributed by atoms with van der Waals surface area (Å²) < 4.78 is 1.82. The van der Waals surface area contributed by atoms with Crippen molar-refractivity contribution in [1.29, 1.82) is 0 Å². The first-order valence-corrected chi connectivity index (χ1v) is 8.42. The maximum absolute atomic E-state index is 12.5. The third-order valence-corrected chi connectivity index (χ3v) is 4.59. The van der Waals surface area contributed by atoms with E-state index in [0.29, 0.717) is 12.6 Å². The van der Waals surface area contributed by atoms with Crippen LogP contribution in [0.3, 0.4) is 0 Å². The lowest BCUT2D eigenvalue weighted by molar-refractivity contribution is 0.140. The minimum absolute atomic E-state index is 0.0109. The summed E-state index contributed by atoms with van der Waals surface area (Å²) in [6.45, 7) is 2.12. The summed E-state index contributed by atoms with van der Waals surface area (Å²) in [6.07, 6.45) is 5.87. The SMILES string of the molecule is CN(C)[C@@H]1CCCN(C(=O)NCc2ccccc2-n2cccn2)C1. The molecule has 0 unspecified atom stereocenters. The van der Waals surface area contributed by atoms with E-state index >= 15 is 0 Å². The van der Waals surface area contributed by atoms with E-state index in [1.807, 2.05) is 46.1 Å². The Kier molecular flexibility index (Phi) is 5.15. The van der Waals surface area contributed by atoms with Crippen LogP contribution in [0.25, 0.3) is 5.69 Å². The molecule has 1 saturated heterocycles. The van der Waals surface area contributed by atoms with E-state index in [-0.39, 0.29) is 6.03 Å². The number of likely N-dealkylation sites (N-methyl/N-ethyl adjacent to an activating group) is 1. The molecule has 0 radical (unpaired) electrons. The van der Waals surface area contributed by atoms with Gasteiger partial charge in [-0.05, 0) is 44.6 Å². The van der Waals surface area contributed by atoms with Gasteiger partial charge < -0.3 is 15.1 Å². The third-order valence-electron chi connectivity index (χ3n) is 4.59. The molecule has 1 aromatic heterocycles. The van der Waals surface area contributed by atoms with Crippen LogP contribution in [-0.4, -0.2) is 58.8 Å². The number of nitrogens with one attached hydrogen (secondary N) is 1. The van der Waals surface area contributed by atoms with Crippen molar-refractivity contribution in [2.24, 2.45) is 0 Å². The second kappa shape index (κ2) is 7.49. The summed E-state index contributed by atoms with van der Waals surface area (Å²) in [5, 5.41) is 7.34. The topological polar surface area (TPSA) is 53.4 Å². The number of rotatable bonds is 4. The van der Waals surface area contributed by atoms with Crippen molar-refractivity contribution in [3.8, 4) is 5.69 Å². The molecule has 1 fully saturated rings. The van der Waals surface area contributed by atoms with Gasteiger partial charge in [0.05, 0.1) is 5.69 Å². The van der Waals surface area contributed by atoms with E-state index in [9.17, 15) is 4.79 Å². The predicted molar refractivity (Wildman–Crippen MR) is 94.1 cm³/mol. The van der Waals surface area contributed by atoms with E-state index in [1.54, 1.807) is 6.20 Å². The van der Waals surface area contributed by atoms with Crippen molar-refractivity contribution in [2.45, 2.75) is 25.4 Å². The average Bonchev–Trinajstić information content (AvgIpc) is 3.14. The summed E-state index contributed by atoms with van der Waals surface area (Å²) in [5.74, 6) is 0. The molecule has 2 aromatic rings. The fourth-order valence-electron chi connectivity index (χ4n) is 3.14. The summed E-state index contributed by atoms with van der Waals surface area (Å²) in [4.78, 5) is 16.6. The van der Waals surface area contributed by atoms with Gasteiger partial charge in [-0.1, -0.05) is 18.2 Å². The molecule has 2 heterocycles. The Hall–Kier alpha value is -2.34. The van der Waals surface area contributed by atoms with Gasteiger partial charge in [0.25, 0.3) is 0 Å². The molecule has 1 atom stereocenters. The zero-order valence-corrected chi connectivity index (χ0v) is 14.4. The number of nitrogens with zero attached hydrogens (tertiary/aromatic N) is 4. The van der Waals surface area contributed by atoms with Gasteiger partial charge >= 0.3 is 6.03 Å². The lowest BCUT2D eigenvalue weighted by Crippen LogP contribution is -2.50. The zero-order valence-electron chi connectivity index (χ0n) is 14.4. The third kappa shape index (κ3) is 3.76. The standard InChI is InChI=1S/C18H25N5O/c1-21(2)16-8-5-11-22(14-16)18(24)19-13-15-7-3-4-9-17(15)23-12-6-10-20-23/h3-4,6-7,9-10,12,16H,5,8,11,13-14H2,1-2H3,(H,19,24)/t16-/m1/s1. The number of hydrogen-bond acceptors (Lipinski definition) is 3. The fraction of sp³-hybridized carbons (Fsp3) is 0.444. The van der Waals surface area contributed by atoms with Crippen molar-refractivity contribution in [3.05, 3.63) is 48.3 Å². The molecule has 1 aliphatic rings. The Morgan fingerprint density at radius 1 is 1.33 bits per heavy atom.